The van der Waals surface area contributed by atoms with Crippen LogP contribution in [0, 0.1) is 11.8 Å². The van der Waals surface area contributed by atoms with Gasteiger partial charge in [-0.05, 0) is 17.7 Å². The van der Waals surface area contributed by atoms with Crippen molar-refractivity contribution in [1.82, 2.24) is 0 Å². The lowest BCUT2D eigenvalue weighted by atomic mass is 9.73. The molecule has 0 unspecified atom stereocenters. The van der Waals surface area contributed by atoms with Gasteiger partial charge in [0, 0.05) is 0 Å². The lowest BCUT2D eigenvalue weighted by Crippen LogP contribution is -2.20. The van der Waals surface area contributed by atoms with Crippen molar-refractivity contribution in [2.75, 3.05) is 5.83 Å². The molecule has 0 spiro atoms. The maximum Gasteiger partial charge on any atom is -0.00848 e. The van der Waals surface area contributed by atoms with E-state index < -0.39 is 0 Å². The molecule has 14 heavy (non-hydrogen) atoms. The molecule has 2 rings (SSSR count). The van der Waals surface area contributed by atoms with E-state index in [1.807, 2.05) is 5.83 Å². The first-order valence-electron chi connectivity index (χ1n) is 6.34. The predicted molar refractivity (Wildman–Crippen MR) is 68.0 cm³/mol. The van der Waals surface area contributed by atoms with Gasteiger partial charge in [-0.25, -0.2) is 0 Å². The monoisotopic (exact) mass is 260 g/mol. The van der Waals surface area contributed by atoms with Crippen molar-refractivity contribution < 1.29 is 0 Å². The number of alkyl halides is 1. The van der Waals surface area contributed by atoms with Crippen LogP contribution in [0.3, 0.4) is 0 Å². The van der Waals surface area contributed by atoms with E-state index in [1.54, 1.807) is 25.7 Å². The maximum atomic E-state index is 2.94. The number of hydrogen-bond acceptors (Lipinski definition) is 0. The van der Waals surface area contributed by atoms with Crippen LogP contribution in [0.2, 0.25) is 0 Å². The Balaban J connectivity index is 0.000000461. The van der Waals surface area contributed by atoms with Gasteiger partial charge in [0.2, 0.25) is 0 Å². The molecule has 0 atom stereocenters. The zero-order chi connectivity index (χ0) is 10.2. The van der Waals surface area contributed by atoms with E-state index in [-0.39, 0.29) is 0 Å². The van der Waals surface area contributed by atoms with Gasteiger partial charge >= 0.3 is 0 Å². The molecule has 0 saturated heterocycles. The lowest BCUT2D eigenvalue weighted by Gasteiger charge is -2.32. The largest absolute Gasteiger partial charge is 0.0966 e. The van der Waals surface area contributed by atoms with Crippen LogP contribution in [-0.2, 0) is 0 Å². The first kappa shape index (κ1) is 12.5. The standard InChI is InChI=1S/C12H22.CH3Br/c1-3-7-11(8-4-1)12-9-5-2-6-10-12;1-2/h11-12H,1-10H2;1H3. The van der Waals surface area contributed by atoms with Gasteiger partial charge in [-0.3, -0.25) is 0 Å². The molecule has 0 radical (unpaired) electrons. The summed E-state index contributed by atoms with van der Waals surface area (Å²) in [5.41, 5.74) is 0. The Hall–Kier alpha value is 0.480. The highest BCUT2D eigenvalue weighted by atomic mass is 79.9. The zero-order valence-electron chi connectivity index (χ0n) is 9.60. The molecule has 0 aromatic rings. The molecule has 0 aliphatic heterocycles. The lowest BCUT2D eigenvalue weighted by molar-refractivity contribution is 0.196. The molecule has 0 heterocycles. The molecule has 2 aliphatic rings. The van der Waals surface area contributed by atoms with Crippen molar-refractivity contribution in [1.29, 1.82) is 0 Å². The van der Waals surface area contributed by atoms with Crippen molar-refractivity contribution in [3.05, 3.63) is 0 Å². The second-order valence-electron chi connectivity index (χ2n) is 4.80. The first-order chi connectivity index (χ1) is 6.97. The summed E-state index contributed by atoms with van der Waals surface area (Å²) in [5.74, 6) is 4.09. The molecule has 0 amide bonds. The van der Waals surface area contributed by atoms with Gasteiger partial charge in [0.15, 0.2) is 0 Å². The Morgan fingerprint density at radius 3 is 1.14 bits per heavy atom. The maximum absolute atomic E-state index is 2.94. The quantitative estimate of drug-likeness (QED) is 0.572. The molecule has 0 aromatic heterocycles. The summed E-state index contributed by atoms with van der Waals surface area (Å²) in [6.45, 7) is 0. The highest BCUT2D eigenvalue weighted by Crippen LogP contribution is 2.37. The van der Waals surface area contributed by atoms with E-state index in [2.05, 4.69) is 15.9 Å². The smallest absolute Gasteiger partial charge is 0.00848 e. The Morgan fingerprint density at radius 2 is 0.857 bits per heavy atom. The molecule has 2 saturated carbocycles. The average molecular weight is 261 g/mol. The Morgan fingerprint density at radius 1 is 0.571 bits per heavy atom. The molecule has 0 N–H and O–H groups in total. The zero-order valence-corrected chi connectivity index (χ0v) is 11.2. The topological polar surface area (TPSA) is 0 Å². The minimum Gasteiger partial charge on any atom is -0.0966 e. The van der Waals surface area contributed by atoms with Gasteiger partial charge in [-0.2, -0.15) is 0 Å². The Labute approximate surface area is 98.0 Å². The third-order valence-electron chi connectivity index (χ3n) is 3.97. The van der Waals surface area contributed by atoms with Crippen molar-refractivity contribution in [3.63, 3.8) is 0 Å². The highest BCUT2D eigenvalue weighted by molar-refractivity contribution is 9.08. The molecular weight excluding hydrogens is 236 g/mol. The van der Waals surface area contributed by atoms with Crippen molar-refractivity contribution in [2.45, 2.75) is 64.2 Å². The second-order valence-corrected chi connectivity index (χ2v) is 4.80. The third kappa shape index (κ3) is 3.92. The fraction of sp³-hybridized carbons (Fsp3) is 1.00. The SMILES string of the molecule is C1CCC(C2CCCCC2)CC1.CBr. The van der Waals surface area contributed by atoms with Gasteiger partial charge in [0.1, 0.15) is 0 Å². The number of hydrogen-bond donors (Lipinski definition) is 0. The molecular formula is C13H25Br. The van der Waals surface area contributed by atoms with E-state index in [1.165, 1.54) is 38.5 Å². The van der Waals surface area contributed by atoms with Gasteiger partial charge in [0.25, 0.3) is 0 Å². The van der Waals surface area contributed by atoms with Crippen LogP contribution in [0.1, 0.15) is 64.2 Å². The van der Waals surface area contributed by atoms with Crippen LogP contribution >= 0.6 is 15.9 Å². The van der Waals surface area contributed by atoms with E-state index in [9.17, 15) is 0 Å². The molecule has 2 aliphatic carbocycles. The number of rotatable bonds is 1. The van der Waals surface area contributed by atoms with Gasteiger partial charge in [-0.1, -0.05) is 80.1 Å². The number of halogens is 1. The van der Waals surface area contributed by atoms with E-state index >= 15 is 0 Å². The highest BCUT2D eigenvalue weighted by Gasteiger charge is 2.24. The summed E-state index contributed by atoms with van der Waals surface area (Å²) in [6.07, 6.45) is 15.4. The van der Waals surface area contributed by atoms with E-state index in [0.29, 0.717) is 0 Å². The molecule has 84 valence electrons. The average Bonchev–Trinajstić information content (AvgIpc) is 2.34. The normalized spacial score (nSPS) is 25.3. The molecule has 0 bridgehead atoms. The van der Waals surface area contributed by atoms with Gasteiger partial charge in [-0.15, -0.1) is 0 Å². The molecule has 0 nitrogen and oxygen atoms in total. The fourth-order valence-electron chi connectivity index (χ4n) is 3.21. The van der Waals surface area contributed by atoms with Crippen LogP contribution in [0.15, 0.2) is 0 Å². The summed E-state index contributed by atoms with van der Waals surface area (Å²) in [6, 6.07) is 0. The summed E-state index contributed by atoms with van der Waals surface area (Å²) in [7, 11) is 0. The summed E-state index contributed by atoms with van der Waals surface area (Å²) >= 11 is 2.94. The van der Waals surface area contributed by atoms with Gasteiger partial charge in [0.05, 0.1) is 0 Å². The predicted octanol–water partition coefficient (Wildman–Crippen LogP) is 5.16. The second kappa shape index (κ2) is 7.73. The Bertz CT molecular complexity index is 105. The fourth-order valence-corrected chi connectivity index (χ4v) is 3.21. The molecule has 2 fully saturated rings. The van der Waals surface area contributed by atoms with Crippen molar-refractivity contribution in [2.24, 2.45) is 11.8 Å². The molecule has 1 heteroatoms. The molecule has 0 aromatic carbocycles. The van der Waals surface area contributed by atoms with E-state index in [4.69, 9.17) is 0 Å². The van der Waals surface area contributed by atoms with Crippen LogP contribution in [0.25, 0.3) is 0 Å². The van der Waals surface area contributed by atoms with Crippen LogP contribution in [0.4, 0.5) is 0 Å². The summed E-state index contributed by atoms with van der Waals surface area (Å²) < 4.78 is 0. The first-order valence-corrected chi connectivity index (χ1v) is 7.93. The van der Waals surface area contributed by atoms with Crippen LogP contribution in [0.5, 0.6) is 0 Å². The van der Waals surface area contributed by atoms with Gasteiger partial charge < -0.3 is 0 Å². The minimum absolute atomic E-state index is 1.14. The van der Waals surface area contributed by atoms with Crippen molar-refractivity contribution in [3.8, 4) is 0 Å². The third-order valence-corrected chi connectivity index (χ3v) is 3.97. The van der Waals surface area contributed by atoms with Crippen LogP contribution in [-0.4, -0.2) is 5.83 Å². The summed E-state index contributed by atoms with van der Waals surface area (Å²) in [4.78, 5) is 0. The Kier molecular flexibility index (Phi) is 6.93. The van der Waals surface area contributed by atoms with E-state index in [0.717, 1.165) is 11.8 Å². The van der Waals surface area contributed by atoms with Crippen molar-refractivity contribution >= 4 is 15.9 Å². The summed E-state index contributed by atoms with van der Waals surface area (Å²) in [5, 5.41) is 0. The minimum atomic E-state index is 1.14. The van der Waals surface area contributed by atoms with Crippen LogP contribution < -0.4 is 0 Å².